The van der Waals surface area contributed by atoms with Crippen molar-refractivity contribution in [1.29, 1.82) is 0 Å². The van der Waals surface area contributed by atoms with Crippen LogP contribution in [0, 0.1) is 0 Å². The van der Waals surface area contributed by atoms with Gasteiger partial charge in [0, 0.05) is 6.07 Å². The predicted molar refractivity (Wildman–Crippen MR) is 95.6 cm³/mol. The van der Waals surface area contributed by atoms with Crippen LogP contribution in [0.3, 0.4) is 0 Å². The zero-order valence-corrected chi connectivity index (χ0v) is 15.5. The van der Waals surface area contributed by atoms with Crippen molar-refractivity contribution in [3.8, 4) is 17.2 Å². The molecule has 0 unspecified atom stereocenters. The molecular formula is C15H14Cl2N2O5S. The number of nitrogens with zero attached hydrogens (tertiary/aromatic N) is 1. The fourth-order valence-electron chi connectivity index (χ4n) is 1.87. The molecule has 0 radical (unpaired) electrons. The molecule has 0 fully saturated rings. The molecule has 2 N–H and O–H groups in total. The van der Waals surface area contributed by atoms with Crippen LogP contribution in [0.25, 0.3) is 0 Å². The maximum atomic E-state index is 12.3. The Bertz CT molecular complexity index is 893. The van der Waals surface area contributed by atoms with Crippen LogP contribution in [-0.2, 0) is 10.0 Å². The summed E-state index contributed by atoms with van der Waals surface area (Å²) in [6, 6.07) is 6.91. The number of rotatable bonds is 6. The Hall–Kier alpha value is -2.16. The van der Waals surface area contributed by atoms with Gasteiger partial charge in [0.1, 0.15) is 0 Å². The number of ether oxygens (including phenoxy) is 2. The van der Waals surface area contributed by atoms with E-state index in [2.05, 4.69) is 9.93 Å². The summed E-state index contributed by atoms with van der Waals surface area (Å²) in [5.74, 6) is 0.413. The number of hydrazone groups is 1. The first-order chi connectivity index (χ1) is 11.8. The molecule has 0 atom stereocenters. The SMILES string of the molecule is COc1ccc(S(=O)(=O)N/N=C/c2cc(Cl)c(O)c(Cl)c2)cc1OC. The fraction of sp³-hybridized carbons (Fsp3) is 0.133. The molecule has 0 aliphatic carbocycles. The van der Waals surface area contributed by atoms with Crippen LogP contribution in [0.2, 0.25) is 10.0 Å². The van der Waals surface area contributed by atoms with Gasteiger partial charge < -0.3 is 14.6 Å². The molecule has 25 heavy (non-hydrogen) atoms. The summed E-state index contributed by atoms with van der Waals surface area (Å²) in [7, 11) is -1.07. The first kappa shape index (κ1) is 19.2. The summed E-state index contributed by atoms with van der Waals surface area (Å²) in [5, 5.41) is 13.2. The largest absolute Gasteiger partial charge is 0.505 e. The summed E-state index contributed by atoms with van der Waals surface area (Å²) in [6.07, 6.45) is 1.20. The fourth-order valence-corrected chi connectivity index (χ4v) is 3.18. The standard InChI is InChI=1S/C15H14Cl2N2O5S/c1-23-13-4-3-10(7-14(13)24-2)25(21,22)19-18-8-9-5-11(16)15(20)12(17)6-9/h3-8,19-20H,1-2H3/b18-8+. The molecule has 7 nitrogen and oxygen atoms in total. The number of nitrogens with one attached hydrogen (secondary N) is 1. The summed E-state index contributed by atoms with van der Waals surface area (Å²) in [6.45, 7) is 0. The van der Waals surface area contributed by atoms with Gasteiger partial charge in [-0.15, -0.1) is 0 Å². The van der Waals surface area contributed by atoms with E-state index in [9.17, 15) is 13.5 Å². The Balaban J connectivity index is 2.22. The van der Waals surface area contributed by atoms with E-state index in [1.807, 2.05) is 0 Å². The first-order valence-corrected chi connectivity index (χ1v) is 8.97. The van der Waals surface area contributed by atoms with Crippen molar-refractivity contribution in [2.24, 2.45) is 5.10 Å². The quantitative estimate of drug-likeness (QED) is 0.569. The topological polar surface area (TPSA) is 97.2 Å². The summed E-state index contributed by atoms with van der Waals surface area (Å²) < 4.78 is 34.7. The number of aromatic hydroxyl groups is 1. The molecule has 0 amide bonds. The molecule has 0 bridgehead atoms. The minimum atomic E-state index is -3.92. The number of benzene rings is 2. The van der Waals surface area contributed by atoms with Crippen molar-refractivity contribution in [2.45, 2.75) is 4.90 Å². The normalized spacial score (nSPS) is 11.5. The summed E-state index contributed by atoms with van der Waals surface area (Å²) in [5.41, 5.74) is 0.405. The number of hydrogen-bond acceptors (Lipinski definition) is 6. The highest BCUT2D eigenvalue weighted by molar-refractivity contribution is 7.89. The minimum Gasteiger partial charge on any atom is -0.505 e. The van der Waals surface area contributed by atoms with Crippen molar-refractivity contribution >= 4 is 39.4 Å². The molecule has 0 saturated heterocycles. The lowest BCUT2D eigenvalue weighted by molar-refractivity contribution is 0.354. The van der Waals surface area contributed by atoms with Gasteiger partial charge in [-0.2, -0.15) is 13.5 Å². The van der Waals surface area contributed by atoms with Crippen LogP contribution < -0.4 is 14.3 Å². The predicted octanol–water partition coefficient (Wildman–Crippen LogP) is 3.03. The lowest BCUT2D eigenvalue weighted by Crippen LogP contribution is -2.18. The van der Waals surface area contributed by atoms with Gasteiger partial charge in [-0.1, -0.05) is 23.2 Å². The van der Waals surface area contributed by atoms with Gasteiger partial charge in [-0.25, -0.2) is 4.83 Å². The molecule has 10 heteroatoms. The Morgan fingerprint density at radius 2 is 1.68 bits per heavy atom. The van der Waals surface area contributed by atoms with E-state index in [1.54, 1.807) is 0 Å². The van der Waals surface area contributed by atoms with Crippen molar-refractivity contribution < 1.29 is 23.0 Å². The third-order valence-electron chi connectivity index (χ3n) is 3.09. The van der Waals surface area contributed by atoms with Gasteiger partial charge in [0.15, 0.2) is 17.2 Å². The van der Waals surface area contributed by atoms with E-state index in [0.29, 0.717) is 11.3 Å². The Labute approximate surface area is 154 Å². The molecule has 2 aromatic carbocycles. The van der Waals surface area contributed by atoms with Crippen molar-refractivity contribution in [1.82, 2.24) is 4.83 Å². The first-order valence-electron chi connectivity index (χ1n) is 6.73. The number of halogens is 2. The highest BCUT2D eigenvalue weighted by Crippen LogP contribution is 2.32. The summed E-state index contributed by atoms with van der Waals surface area (Å²) in [4.78, 5) is 2.01. The molecule has 0 aromatic heterocycles. The van der Waals surface area contributed by atoms with E-state index in [-0.39, 0.29) is 26.4 Å². The van der Waals surface area contributed by atoms with Crippen LogP contribution in [0.15, 0.2) is 40.3 Å². The van der Waals surface area contributed by atoms with Crippen LogP contribution in [0.4, 0.5) is 0 Å². The number of sulfonamides is 1. The van der Waals surface area contributed by atoms with Gasteiger partial charge in [-0.3, -0.25) is 0 Å². The second-order valence-corrected chi connectivity index (χ2v) is 7.18. The lowest BCUT2D eigenvalue weighted by atomic mass is 10.2. The average molecular weight is 405 g/mol. The second-order valence-electron chi connectivity index (χ2n) is 4.70. The van der Waals surface area contributed by atoms with Gasteiger partial charge in [0.05, 0.1) is 35.4 Å². The Kier molecular flexibility index (Phi) is 5.99. The third-order valence-corrected chi connectivity index (χ3v) is 4.89. The Morgan fingerprint density at radius 1 is 1.08 bits per heavy atom. The van der Waals surface area contributed by atoms with Crippen LogP contribution in [0.5, 0.6) is 17.2 Å². The third kappa shape index (κ3) is 4.47. The lowest BCUT2D eigenvalue weighted by Gasteiger charge is -2.09. The van der Waals surface area contributed by atoms with E-state index in [1.165, 1.54) is 50.8 Å². The van der Waals surface area contributed by atoms with E-state index in [0.717, 1.165) is 0 Å². The van der Waals surface area contributed by atoms with E-state index in [4.69, 9.17) is 32.7 Å². The molecule has 2 rings (SSSR count). The number of methoxy groups -OCH3 is 2. The van der Waals surface area contributed by atoms with Gasteiger partial charge in [0.25, 0.3) is 10.0 Å². The van der Waals surface area contributed by atoms with Crippen molar-refractivity contribution in [3.05, 3.63) is 45.9 Å². The number of hydrogen-bond donors (Lipinski definition) is 2. The minimum absolute atomic E-state index is 0.0247. The zero-order chi connectivity index (χ0) is 18.6. The molecule has 0 aliphatic rings. The Morgan fingerprint density at radius 3 is 2.24 bits per heavy atom. The molecule has 134 valence electrons. The number of phenolic OH excluding ortho intramolecular Hbond substituents is 1. The molecule has 0 spiro atoms. The second kappa shape index (κ2) is 7.81. The van der Waals surface area contributed by atoms with Gasteiger partial charge >= 0.3 is 0 Å². The molecular weight excluding hydrogens is 391 g/mol. The summed E-state index contributed by atoms with van der Waals surface area (Å²) >= 11 is 11.6. The van der Waals surface area contributed by atoms with Gasteiger partial charge in [-0.05, 0) is 29.8 Å². The highest BCUT2D eigenvalue weighted by atomic mass is 35.5. The van der Waals surface area contributed by atoms with Crippen molar-refractivity contribution in [3.63, 3.8) is 0 Å². The zero-order valence-electron chi connectivity index (χ0n) is 13.2. The highest BCUT2D eigenvalue weighted by Gasteiger charge is 2.16. The van der Waals surface area contributed by atoms with Crippen LogP contribution in [-0.4, -0.2) is 34.0 Å². The monoisotopic (exact) mass is 404 g/mol. The molecule has 0 heterocycles. The maximum Gasteiger partial charge on any atom is 0.276 e. The van der Waals surface area contributed by atoms with E-state index < -0.39 is 10.0 Å². The van der Waals surface area contributed by atoms with Gasteiger partial charge in [0.2, 0.25) is 0 Å². The smallest absolute Gasteiger partial charge is 0.276 e. The van der Waals surface area contributed by atoms with Crippen molar-refractivity contribution in [2.75, 3.05) is 14.2 Å². The van der Waals surface area contributed by atoms with E-state index >= 15 is 0 Å². The average Bonchev–Trinajstić information content (AvgIpc) is 2.58. The molecule has 0 aliphatic heterocycles. The molecule has 2 aromatic rings. The van der Waals surface area contributed by atoms with Crippen LogP contribution >= 0.6 is 23.2 Å². The van der Waals surface area contributed by atoms with Crippen LogP contribution in [0.1, 0.15) is 5.56 Å². The maximum absolute atomic E-state index is 12.3. The number of phenols is 1. The molecule has 0 saturated carbocycles.